The first-order valence-electron chi connectivity index (χ1n) is 19.3. The number of amidine groups is 1. The molecule has 2 saturated carbocycles. The summed E-state index contributed by atoms with van der Waals surface area (Å²) in [6, 6.07) is 14.9. The number of carboxylic acid groups (broad SMARTS) is 1. The highest BCUT2D eigenvalue weighted by molar-refractivity contribution is 5.95. The zero-order chi connectivity index (χ0) is 42.0. The number of amides is 3. The van der Waals surface area contributed by atoms with Gasteiger partial charge in [0.25, 0.3) is 0 Å². The summed E-state index contributed by atoms with van der Waals surface area (Å²) in [5, 5.41) is 43.4. The lowest BCUT2D eigenvalue weighted by atomic mass is 9.76. The normalized spacial score (nSPS) is 16.2. The molecule has 0 aliphatic heterocycles. The molecule has 2 aromatic rings. The fourth-order valence-electron chi connectivity index (χ4n) is 7.33. The number of nitrogens with two attached hydrogens (primary N) is 2. The van der Waals surface area contributed by atoms with E-state index in [1.54, 1.807) is 18.2 Å². The Morgan fingerprint density at radius 2 is 1.42 bits per heavy atom. The van der Waals surface area contributed by atoms with Gasteiger partial charge in [0.1, 0.15) is 17.9 Å². The number of nitriles is 1. The van der Waals surface area contributed by atoms with Crippen LogP contribution in [-0.4, -0.2) is 65.4 Å². The van der Waals surface area contributed by atoms with Crippen LogP contribution in [0.15, 0.2) is 48.5 Å². The van der Waals surface area contributed by atoms with Gasteiger partial charge in [0.15, 0.2) is 5.96 Å². The molecule has 2 unspecified atom stereocenters. The Hall–Kier alpha value is -5.66. The first-order chi connectivity index (χ1) is 27.1. The summed E-state index contributed by atoms with van der Waals surface area (Å²) in [7, 11) is 0. The minimum Gasteiger partial charge on any atom is -0.475 e. The SMILES string of the molecule is N#Cc1cccc(CNC(=O)[C@H](CCCNC(=N)N)NC(=O)C(NC(=O)C(Cc2ccc(C(=N)N)cc2)C2CCCCC2)C2CCCCC2)c1.O=C(O)C(F)(F)F. The van der Waals surface area contributed by atoms with E-state index >= 15 is 0 Å². The van der Waals surface area contributed by atoms with Crippen molar-refractivity contribution in [2.24, 2.45) is 29.2 Å². The van der Waals surface area contributed by atoms with Crippen molar-refractivity contribution in [1.82, 2.24) is 21.3 Å². The number of carbonyl (C=O) groups excluding carboxylic acids is 3. The Labute approximate surface area is 330 Å². The third-order valence-electron chi connectivity index (χ3n) is 10.4. The lowest BCUT2D eigenvalue weighted by Crippen LogP contribution is -2.57. The average Bonchev–Trinajstić information content (AvgIpc) is 3.19. The van der Waals surface area contributed by atoms with Gasteiger partial charge in [-0.15, -0.1) is 0 Å². The number of alkyl halides is 3. The van der Waals surface area contributed by atoms with Crippen molar-refractivity contribution >= 4 is 35.5 Å². The number of halogens is 3. The molecule has 0 bridgehead atoms. The molecule has 2 aromatic carbocycles. The Balaban J connectivity index is 0.00000113. The molecule has 2 fully saturated rings. The van der Waals surface area contributed by atoms with Crippen LogP contribution in [0.3, 0.4) is 0 Å². The van der Waals surface area contributed by atoms with Gasteiger partial charge in [-0.2, -0.15) is 18.4 Å². The van der Waals surface area contributed by atoms with E-state index in [4.69, 9.17) is 32.2 Å². The highest BCUT2D eigenvalue weighted by atomic mass is 19.4. The topological polar surface area (TPSA) is 260 Å². The molecule has 3 atom stereocenters. The van der Waals surface area contributed by atoms with E-state index in [1.807, 2.05) is 30.3 Å². The Morgan fingerprint density at radius 3 is 1.96 bits per heavy atom. The summed E-state index contributed by atoms with van der Waals surface area (Å²) in [6.07, 6.45) is 6.06. The standard InChI is InChI=1S/C38H53N9O3.C2HF3O2/c39-23-26-9-7-10-27(21-26)24-45-36(49)32(15-8-20-44-38(42)43)46-37(50)33(29-13-5-2-6-14-29)47-35(48)31(28-11-3-1-4-12-28)22-25-16-18-30(19-17-25)34(40)41;3-2(4,5)1(6)7/h7,9-10,16-19,21,28-29,31-33H,1-6,8,11-15,20,22,24H2,(H3,40,41)(H,45,49)(H,46,50)(H,47,48)(H4,42,43,44);(H,6,7)/t31?,32-,33?;/m0./s1. The molecule has 0 radical (unpaired) electrons. The second-order valence-electron chi connectivity index (χ2n) is 14.6. The minimum absolute atomic E-state index is 0.00485. The number of carboxylic acids is 1. The number of carbonyl (C=O) groups is 4. The molecule has 3 amide bonds. The van der Waals surface area contributed by atoms with Gasteiger partial charge in [-0.1, -0.05) is 74.9 Å². The number of rotatable bonds is 16. The van der Waals surface area contributed by atoms with E-state index in [0.717, 1.165) is 75.3 Å². The van der Waals surface area contributed by atoms with Gasteiger partial charge in [0, 0.05) is 24.6 Å². The number of guanidine groups is 1. The van der Waals surface area contributed by atoms with Crippen LogP contribution in [0.5, 0.6) is 0 Å². The van der Waals surface area contributed by atoms with Crippen LogP contribution in [0.2, 0.25) is 0 Å². The van der Waals surface area contributed by atoms with Gasteiger partial charge >= 0.3 is 12.1 Å². The predicted octanol–water partition coefficient (Wildman–Crippen LogP) is 4.34. The number of benzene rings is 2. The maximum Gasteiger partial charge on any atom is 0.490 e. The van der Waals surface area contributed by atoms with E-state index in [0.29, 0.717) is 36.9 Å². The van der Waals surface area contributed by atoms with Gasteiger partial charge in [-0.05, 0) is 80.0 Å². The molecular weight excluding hydrogens is 743 g/mol. The Kier molecular flexibility index (Phi) is 18.3. The molecule has 4 rings (SSSR count). The lowest BCUT2D eigenvalue weighted by Gasteiger charge is -2.34. The third kappa shape index (κ3) is 15.8. The quantitative estimate of drug-likeness (QED) is 0.0664. The summed E-state index contributed by atoms with van der Waals surface area (Å²) >= 11 is 0. The van der Waals surface area contributed by atoms with Crippen LogP contribution in [-0.2, 0) is 32.1 Å². The number of hydrogen-bond acceptors (Lipinski definition) is 7. The number of hydrogen-bond donors (Lipinski definition) is 9. The van der Waals surface area contributed by atoms with Crippen LogP contribution >= 0.6 is 0 Å². The Morgan fingerprint density at radius 1 is 0.825 bits per heavy atom. The highest BCUT2D eigenvalue weighted by Crippen LogP contribution is 2.33. The van der Waals surface area contributed by atoms with Crippen LogP contribution in [0.1, 0.15) is 99.3 Å². The van der Waals surface area contributed by atoms with Crippen molar-refractivity contribution in [3.63, 3.8) is 0 Å². The van der Waals surface area contributed by atoms with Crippen molar-refractivity contribution in [3.05, 3.63) is 70.8 Å². The van der Waals surface area contributed by atoms with Crippen LogP contribution in [0, 0.1) is 39.9 Å². The maximum absolute atomic E-state index is 14.3. The van der Waals surface area contributed by atoms with E-state index in [2.05, 4.69) is 27.3 Å². The molecule has 17 heteroatoms. The number of aliphatic carboxylic acids is 1. The zero-order valence-electron chi connectivity index (χ0n) is 31.9. The smallest absolute Gasteiger partial charge is 0.475 e. The molecule has 2 aliphatic rings. The van der Waals surface area contributed by atoms with Gasteiger partial charge < -0.3 is 37.8 Å². The largest absolute Gasteiger partial charge is 0.490 e. The van der Waals surface area contributed by atoms with E-state index in [9.17, 15) is 32.8 Å². The van der Waals surface area contributed by atoms with Crippen molar-refractivity contribution < 1.29 is 37.5 Å². The van der Waals surface area contributed by atoms with Crippen molar-refractivity contribution in [2.75, 3.05) is 6.54 Å². The van der Waals surface area contributed by atoms with Crippen molar-refractivity contribution in [1.29, 1.82) is 16.1 Å². The van der Waals surface area contributed by atoms with Crippen LogP contribution in [0.4, 0.5) is 13.2 Å². The fourth-order valence-corrected chi connectivity index (χ4v) is 7.33. The molecule has 57 heavy (non-hydrogen) atoms. The van der Waals surface area contributed by atoms with Crippen molar-refractivity contribution in [2.45, 2.75) is 108 Å². The molecular formula is C40H54F3N9O5. The van der Waals surface area contributed by atoms with Crippen LogP contribution in [0.25, 0.3) is 0 Å². The van der Waals surface area contributed by atoms with Gasteiger partial charge in [0.05, 0.1) is 11.6 Å². The first kappa shape index (κ1) is 45.7. The van der Waals surface area contributed by atoms with Gasteiger partial charge in [-0.3, -0.25) is 25.2 Å². The molecule has 0 aromatic heterocycles. The highest BCUT2D eigenvalue weighted by Gasteiger charge is 2.39. The Bertz CT molecular complexity index is 1720. The molecule has 0 saturated heterocycles. The summed E-state index contributed by atoms with van der Waals surface area (Å²) in [4.78, 5) is 51.0. The summed E-state index contributed by atoms with van der Waals surface area (Å²) in [6.45, 7) is 0.546. The minimum atomic E-state index is -5.08. The number of nitrogens with one attached hydrogen (secondary N) is 6. The summed E-state index contributed by atoms with van der Waals surface area (Å²) in [5.41, 5.74) is 14.0. The van der Waals surface area contributed by atoms with Gasteiger partial charge in [-0.25, -0.2) is 4.79 Å². The van der Waals surface area contributed by atoms with Crippen molar-refractivity contribution in [3.8, 4) is 6.07 Å². The second kappa shape index (κ2) is 22.8. The van der Waals surface area contributed by atoms with E-state index in [1.165, 1.54) is 0 Å². The second-order valence-corrected chi connectivity index (χ2v) is 14.6. The molecule has 2 aliphatic carbocycles. The third-order valence-corrected chi connectivity index (χ3v) is 10.4. The zero-order valence-corrected chi connectivity index (χ0v) is 31.9. The number of nitrogens with zero attached hydrogens (tertiary/aromatic N) is 1. The van der Waals surface area contributed by atoms with E-state index < -0.39 is 24.2 Å². The fraction of sp³-hybridized carbons (Fsp3) is 0.525. The monoisotopic (exact) mass is 797 g/mol. The average molecular weight is 798 g/mol. The molecule has 0 spiro atoms. The maximum atomic E-state index is 14.3. The predicted molar refractivity (Wildman–Crippen MR) is 208 cm³/mol. The molecule has 0 heterocycles. The summed E-state index contributed by atoms with van der Waals surface area (Å²) < 4.78 is 31.7. The summed E-state index contributed by atoms with van der Waals surface area (Å²) in [5.74, 6) is -3.99. The van der Waals surface area contributed by atoms with E-state index in [-0.39, 0.29) is 53.8 Å². The molecule has 11 N–H and O–H groups in total. The molecule has 310 valence electrons. The van der Waals surface area contributed by atoms with Crippen LogP contribution < -0.4 is 32.7 Å². The number of nitrogen functional groups attached to an aromatic ring is 1. The molecule has 14 nitrogen and oxygen atoms in total. The first-order valence-corrected chi connectivity index (χ1v) is 19.3. The lowest BCUT2D eigenvalue weighted by molar-refractivity contribution is -0.192. The van der Waals surface area contributed by atoms with Gasteiger partial charge in [0.2, 0.25) is 17.7 Å².